The summed E-state index contributed by atoms with van der Waals surface area (Å²) in [5.41, 5.74) is 6.27. The van der Waals surface area contributed by atoms with Crippen LogP contribution in [0.2, 0.25) is 0 Å². The largest absolute Gasteiger partial charge is 0.309 e. The minimum absolute atomic E-state index is 0.330. The maximum atomic E-state index is 4.86. The molecule has 2 aromatic heterocycles. The number of hydrogen-bond acceptors (Lipinski definition) is 4. The number of rotatable bonds is 6. The molecule has 4 rings (SSSR count). The molecular formula is C23H25N5. The standard InChI is InChI=1S/C23H25N5/c1-27(2)12-11-20(17-7-5-4-6-8-17)18-9-10-21-22(13-18)26-23(15-24-21)19-14-25-28(3)16-19/h4-10,13-16,20H,11-12H2,1-3H3. The first kappa shape index (κ1) is 18.3. The second kappa shape index (κ2) is 7.90. The highest BCUT2D eigenvalue weighted by Gasteiger charge is 2.16. The molecule has 2 aromatic carbocycles. The minimum Gasteiger partial charge on any atom is -0.309 e. The molecule has 0 radical (unpaired) electrons. The van der Waals surface area contributed by atoms with Gasteiger partial charge in [-0.2, -0.15) is 5.10 Å². The Hall–Kier alpha value is -3.05. The van der Waals surface area contributed by atoms with Crippen LogP contribution in [0, 0.1) is 0 Å². The summed E-state index contributed by atoms with van der Waals surface area (Å²) in [5.74, 6) is 0.330. The summed E-state index contributed by atoms with van der Waals surface area (Å²) >= 11 is 0. The van der Waals surface area contributed by atoms with Gasteiger partial charge in [0, 0.05) is 24.7 Å². The first-order valence-corrected chi connectivity index (χ1v) is 9.55. The molecule has 1 atom stereocenters. The van der Waals surface area contributed by atoms with Crippen LogP contribution >= 0.6 is 0 Å². The average molecular weight is 371 g/mol. The Morgan fingerprint density at radius 3 is 2.50 bits per heavy atom. The lowest BCUT2D eigenvalue weighted by Crippen LogP contribution is -2.16. The summed E-state index contributed by atoms with van der Waals surface area (Å²) in [5, 5.41) is 4.24. The summed E-state index contributed by atoms with van der Waals surface area (Å²) in [6.45, 7) is 1.03. The molecule has 0 fully saturated rings. The van der Waals surface area contributed by atoms with Gasteiger partial charge in [0.15, 0.2) is 0 Å². The molecule has 2 heterocycles. The number of nitrogens with zero attached hydrogens (tertiary/aromatic N) is 5. The van der Waals surface area contributed by atoms with Crippen molar-refractivity contribution in [2.45, 2.75) is 12.3 Å². The molecule has 0 amide bonds. The quantitative estimate of drug-likeness (QED) is 0.512. The lowest BCUT2D eigenvalue weighted by molar-refractivity contribution is 0.390. The van der Waals surface area contributed by atoms with Gasteiger partial charge in [0.1, 0.15) is 0 Å². The summed E-state index contributed by atoms with van der Waals surface area (Å²) in [6, 6.07) is 17.2. The van der Waals surface area contributed by atoms with Crippen molar-refractivity contribution < 1.29 is 0 Å². The van der Waals surface area contributed by atoms with Gasteiger partial charge in [0.2, 0.25) is 0 Å². The number of aryl methyl sites for hydroxylation is 1. The number of benzene rings is 2. The van der Waals surface area contributed by atoms with E-state index in [2.05, 4.69) is 77.6 Å². The number of fused-ring (bicyclic) bond motifs is 1. The Morgan fingerprint density at radius 2 is 1.79 bits per heavy atom. The molecule has 28 heavy (non-hydrogen) atoms. The first-order chi connectivity index (χ1) is 13.6. The van der Waals surface area contributed by atoms with Gasteiger partial charge in [-0.15, -0.1) is 0 Å². The second-order valence-electron chi connectivity index (χ2n) is 7.46. The van der Waals surface area contributed by atoms with E-state index in [-0.39, 0.29) is 0 Å². The minimum atomic E-state index is 0.330. The fourth-order valence-corrected chi connectivity index (χ4v) is 3.54. The van der Waals surface area contributed by atoms with Crippen LogP contribution in [0.15, 0.2) is 67.1 Å². The highest BCUT2D eigenvalue weighted by Crippen LogP contribution is 2.30. The van der Waals surface area contributed by atoms with Gasteiger partial charge in [-0.1, -0.05) is 36.4 Å². The zero-order valence-corrected chi connectivity index (χ0v) is 16.6. The summed E-state index contributed by atoms with van der Waals surface area (Å²) in [4.78, 5) is 11.7. The maximum absolute atomic E-state index is 4.86. The van der Waals surface area contributed by atoms with Crippen molar-refractivity contribution >= 4 is 11.0 Å². The van der Waals surface area contributed by atoms with E-state index < -0.39 is 0 Å². The molecule has 0 bridgehead atoms. The van der Waals surface area contributed by atoms with Gasteiger partial charge in [0.05, 0.1) is 29.1 Å². The molecule has 4 aromatic rings. The van der Waals surface area contributed by atoms with Crippen LogP contribution in [0.4, 0.5) is 0 Å². The molecular weight excluding hydrogens is 346 g/mol. The third-order valence-electron chi connectivity index (χ3n) is 5.04. The van der Waals surface area contributed by atoms with E-state index in [0.717, 1.165) is 35.3 Å². The molecule has 0 aliphatic heterocycles. The fraction of sp³-hybridized carbons (Fsp3) is 0.261. The van der Waals surface area contributed by atoms with Gasteiger partial charge in [0.25, 0.3) is 0 Å². The zero-order chi connectivity index (χ0) is 19.5. The SMILES string of the molecule is CN(C)CCC(c1ccccc1)c1ccc2ncc(-c3cnn(C)c3)nc2c1. The molecule has 0 aliphatic rings. The Balaban J connectivity index is 1.74. The summed E-state index contributed by atoms with van der Waals surface area (Å²) in [6.07, 6.45) is 6.66. The van der Waals surface area contributed by atoms with Gasteiger partial charge in [-0.25, -0.2) is 4.98 Å². The van der Waals surface area contributed by atoms with Crippen molar-refractivity contribution in [1.82, 2.24) is 24.6 Å². The van der Waals surface area contributed by atoms with Crippen LogP contribution in [0.25, 0.3) is 22.3 Å². The van der Waals surface area contributed by atoms with E-state index in [1.165, 1.54) is 11.1 Å². The van der Waals surface area contributed by atoms with E-state index in [0.29, 0.717) is 5.92 Å². The Morgan fingerprint density at radius 1 is 0.964 bits per heavy atom. The zero-order valence-electron chi connectivity index (χ0n) is 16.6. The van der Waals surface area contributed by atoms with E-state index in [1.54, 1.807) is 4.68 Å². The van der Waals surface area contributed by atoms with Crippen LogP contribution in [0.3, 0.4) is 0 Å². The van der Waals surface area contributed by atoms with Crippen LogP contribution in [0.5, 0.6) is 0 Å². The molecule has 0 saturated carbocycles. The van der Waals surface area contributed by atoms with Gasteiger partial charge < -0.3 is 4.90 Å². The lowest BCUT2D eigenvalue weighted by atomic mass is 9.88. The maximum Gasteiger partial charge on any atom is 0.0924 e. The molecule has 1 unspecified atom stereocenters. The Bertz CT molecular complexity index is 1070. The van der Waals surface area contributed by atoms with Crippen molar-refractivity contribution in [2.24, 2.45) is 7.05 Å². The predicted molar refractivity (Wildman–Crippen MR) is 113 cm³/mol. The number of hydrogen-bond donors (Lipinski definition) is 0. The normalized spacial score (nSPS) is 12.6. The van der Waals surface area contributed by atoms with Crippen molar-refractivity contribution in [3.63, 3.8) is 0 Å². The third kappa shape index (κ3) is 3.94. The van der Waals surface area contributed by atoms with E-state index >= 15 is 0 Å². The molecule has 0 spiro atoms. The first-order valence-electron chi connectivity index (χ1n) is 9.55. The van der Waals surface area contributed by atoms with E-state index in [1.807, 2.05) is 25.6 Å². The highest BCUT2D eigenvalue weighted by atomic mass is 15.2. The predicted octanol–water partition coefficient (Wildman–Crippen LogP) is 4.11. The van der Waals surface area contributed by atoms with Crippen LogP contribution < -0.4 is 0 Å². The number of aromatic nitrogens is 4. The van der Waals surface area contributed by atoms with Crippen molar-refractivity contribution in [2.75, 3.05) is 20.6 Å². The fourth-order valence-electron chi connectivity index (χ4n) is 3.54. The highest BCUT2D eigenvalue weighted by molar-refractivity contribution is 5.78. The summed E-state index contributed by atoms with van der Waals surface area (Å²) in [7, 11) is 6.15. The average Bonchev–Trinajstić information content (AvgIpc) is 3.14. The Labute approximate surface area is 165 Å². The van der Waals surface area contributed by atoms with Gasteiger partial charge in [-0.3, -0.25) is 9.67 Å². The Kier molecular flexibility index (Phi) is 5.17. The van der Waals surface area contributed by atoms with E-state index in [9.17, 15) is 0 Å². The second-order valence-corrected chi connectivity index (χ2v) is 7.46. The molecule has 0 aliphatic carbocycles. The van der Waals surface area contributed by atoms with Crippen molar-refractivity contribution in [3.05, 3.63) is 78.2 Å². The van der Waals surface area contributed by atoms with Gasteiger partial charge >= 0.3 is 0 Å². The third-order valence-corrected chi connectivity index (χ3v) is 5.04. The van der Waals surface area contributed by atoms with E-state index in [4.69, 9.17) is 4.98 Å². The topological polar surface area (TPSA) is 46.8 Å². The van der Waals surface area contributed by atoms with Crippen LogP contribution in [-0.2, 0) is 7.05 Å². The molecule has 5 heteroatoms. The lowest BCUT2D eigenvalue weighted by Gasteiger charge is -2.20. The van der Waals surface area contributed by atoms with Crippen LogP contribution in [-0.4, -0.2) is 45.3 Å². The molecule has 0 saturated heterocycles. The molecule has 0 N–H and O–H groups in total. The summed E-state index contributed by atoms with van der Waals surface area (Å²) < 4.78 is 1.78. The molecule has 142 valence electrons. The van der Waals surface area contributed by atoms with Crippen molar-refractivity contribution in [3.8, 4) is 11.3 Å². The monoisotopic (exact) mass is 371 g/mol. The molecule has 5 nitrogen and oxygen atoms in total. The van der Waals surface area contributed by atoms with Gasteiger partial charge in [-0.05, 0) is 50.3 Å². The smallest absolute Gasteiger partial charge is 0.0924 e. The van der Waals surface area contributed by atoms with Crippen molar-refractivity contribution in [1.29, 1.82) is 0 Å². The van der Waals surface area contributed by atoms with Crippen LogP contribution in [0.1, 0.15) is 23.5 Å².